The monoisotopic (exact) mass is 227 g/mol. The summed E-state index contributed by atoms with van der Waals surface area (Å²) >= 11 is 0. The summed E-state index contributed by atoms with van der Waals surface area (Å²) in [5, 5.41) is 0. The van der Waals surface area contributed by atoms with Crippen LogP contribution in [0.3, 0.4) is 0 Å². The summed E-state index contributed by atoms with van der Waals surface area (Å²) in [6.07, 6.45) is 0. The normalized spacial score (nSPS) is 10.4. The van der Waals surface area contributed by atoms with Crippen LogP contribution >= 0.6 is 0 Å². The third kappa shape index (κ3) is 3.59. The number of hydrogen-bond acceptors (Lipinski definition) is 3. The summed E-state index contributed by atoms with van der Waals surface area (Å²) < 4.78 is 0. The third-order valence-corrected chi connectivity index (χ3v) is 2.59. The van der Waals surface area contributed by atoms with Crippen LogP contribution in [0.4, 0.5) is 5.69 Å². The van der Waals surface area contributed by atoms with Gasteiger partial charge in [0.25, 0.3) is 0 Å². The maximum absolute atomic E-state index is 5.85. The highest BCUT2D eigenvalue weighted by molar-refractivity contribution is 5.46. The van der Waals surface area contributed by atoms with Gasteiger partial charge in [-0.15, -0.1) is 0 Å². The molecule has 3 heteroatoms. The fourth-order valence-electron chi connectivity index (χ4n) is 1.61. The molecule has 88 valence electrons. The molecule has 0 saturated carbocycles. The number of rotatable bonds is 5. The number of para-hydroxylation sites is 1. The molecule has 2 rings (SSSR count). The van der Waals surface area contributed by atoms with E-state index in [1.165, 1.54) is 5.56 Å². The van der Waals surface area contributed by atoms with E-state index < -0.39 is 0 Å². The number of nitrogens with two attached hydrogens (primary N) is 1. The van der Waals surface area contributed by atoms with Crippen molar-refractivity contribution in [2.24, 2.45) is 0 Å². The van der Waals surface area contributed by atoms with Crippen molar-refractivity contribution < 1.29 is 0 Å². The Labute approximate surface area is 102 Å². The quantitative estimate of drug-likeness (QED) is 0.416. The van der Waals surface area contributed by atoms with Gasteiger partial charge in [-0.05, 0) is 17.2 Å². The number of benzene rings is 2. The molecule has 0 aliphatic carbocycles. The SMILES string of the molecule is Nc1ccccc1CNNCc1ccccc1. The van der Waals surface area contributed by atoms with Gasteiger partial charge in [0.2, 0.25) is 0 Å². The summed E-state index contributed by atoms with van der Waals surface area (Å²) in [5.74, 6) is 0. The Morgan fingerprint density at radius 3 is 2.18 bits per heavy atom. The number of hydrazine groups is 1. The minimum atomic E-state index is 0.722. The van der Waals surface area contributed by atoms with Gasteiger partial charge in [-0.3, -0.25) is 10.9 Å². The fraction of sp³-hybridized carbons (Fsp3) is 0.143. The first kappa shape index (κ1) is 11.6. The van der Waals surface area contributed by atoms with Crippen LogP contribution in [0.1, 0.15) is 11.1 Å². The molecule has 3 nitrogen and oxygen atoms in total. The minimum absolute atomic E-state index is 0.722. The summed E-state index contributed by atoms with van der Waals surface area (Å²) in [6.45, 7) is 1.52. The predicted octanol–water partition coefficient (Wildman–Crippen LogP) is 2.06. The van der Waals surface area contributed by atoms with Crippen molar-refractivity contribution in [3.8, 4) is 0 Å². The summed E-state index contributed by atoms with van der Waals surface area (Å²) in [5.41, 5.74) is 15.4. The number of nitrogen functional groups attached to an aromatic ring is 1. The van der Waals surface area contributed by atoms with Crippen molar-refractivity contribution in [3.63, 3.8) is 0 Å². The van der Waals surface area contributed by atoms with E-state index in [1.807, 2.05) is 42.5 Å². The Kier molecular flexibility index (Phi) is 4.13. The van der Waals surface area contributed by atoms with Crippen LogP contribution in [0.25, 0.3) is 0 Å². The van der Waals surface area contributed by atoms with Crippen LogP contribution in [0.5, 0.6) is 0 Å². The standard InChI is InChI=1S/C14H17N3/c15-14-9-5-4-8-13(14)11-17-16-10-12-6-2-1-3-7-12/h1-9,16-17H,10-11,15H2. The topological polar surface area (TPSA) is 50.1 Å². The molecule has 0 aliphatic rings. The van der Waals surface area contributed by atoms with E-state index in [0.717, 1.165) is 24.3 Å². The smallest absolute Gasteiger partial charge is 0.0371 e. The molecule has 2 aromatic rings. The summed E-state index contributed by atoms with van der Waals surface area (Å²) in [6, 6.07) is 18.1. The fourth-order valence-corrected chi connectivity index (χ4v) is 1.61. The molecule has 0 unspecified atom stereocenters. The van der Waals surface area contributed by atoms with Crippen LogP contribution in [-0.2, 0) is 13.1 Å². The number of hydrogen-bond donors (Lipinski definition) is 3. The first-order chi connectivity index (χ1) is 8.36. The van der Waals surface area contributed by atoms with Gasteiger partial charge in [-0.1, -0.05) is 48.5 Å². The lowest BCUT2D eigenvalue weighted by Gasteiger charge is -2.08. The zero-order valence-electron chi connectivity index (χ0n) is 9.69. The van der Waals surface area contributed by atoms with Crippen LogP contribution in [-0.4, -0.2) is 0 Å². The first-order valence-corrected chi connectivity index (χ1v) is 5.69. The lowest BCUT2D eigenvalue weighted by Crippen LogP contribution is -2.30. The van der Waals surface area contributed by atoms with Crippen molar-refractivity contribution >= 4 is 5.69 Å². The summed E-state index contributed by atoms with van der Waals surface area (Å²) in [7, 11) is 0. The second-order valence-corrected chi connectivity index (χ2v) is 3.89. The molecule has 0 heterocycles. The molecule has 0 aliphatic heterocycles. The van der Waals surface area contributed by atoms with Crippen LogP contribution in [0.15, 0.2) is 54.6 Å². The Bertz CT molecular complexity index is 454. The molecule has 0 fully saturated rings. The number of anilines is 1. The van der Waals surface area contributed by atoms with E-state index in [4.69, 9.17) is 5.73 Å². The lowest BCUT2D eigenvalue weighted by molar-refractivity contribution is 0.530. The molecule has 0 bridgehead atoms. The molecular weight excluding hydrogens is 210 g/mol. The zero-order chi connectivity index (χ0) is 11.9. The van der Waals surface area contributed by atoms with Crippen molar-refractivity contribution in [1.29, 1.82) is 0 Å². The largest absolute Gasteiger partial charge is 0.398 e. The van der Waals surface area contributed by atoms with E-state index in [0.29, 0.717) is 0 Å². The molecule has 2 aromatic carbocycles. The highest BCUT2D eigenvalue weighted by atomic mass is 15.3. The molecular formula is C14H17N3. The molecule has 4 N–H and O–H groups in total. The zero-order valence-corrected chi connectivity index (χ0v) is 9.69. The molecule has 0 aromatic heterocycles. The van der Waals surface area contributed by atoms with Gasteiger partial charge < -0.3 is 5.73 Å². The molecule has 17 heavy (non-hydrogen) atoms. The lowest BCUT2D eigenvalue weighted by atomic mass is 10.2. The number of nitrogens with one attached hydrogen (secondary N) is 2. The van der Waals surface area contributed by atoms with Gasteiger partial charge in [0, 0.05) is 18.8 Å². The van der Waals surface area contributed by atoms with Gasteiger partial charge in [-0.25, -0.2) is 0 Å². The molecule has 0 spiro atoms. The van der Waals surface area contributed by atoms with E-state index in [-0.39, 0.29) is 0 Å². The van der Waals surface area contributed by atoms with Gasteiger partial charge in [-0.2, -0.15) is 0 Å². The molecule has 0 radical (unpaired) electrons. The van der Waals surface area contributed by atoms with Crippen molar-refractivity contribution in [2.45, 2.75) is 13.1 Å². The van der Waals surface area contributed by atoms with Gasteiger partial charge in [0.15, 0.2) is 0 Å². The highest BCUT2D eigenvalue weighted by Crippen LogP contribution is 2.09. The van der Waals surface area contributed by atoms with E-state index in [1.54, 1.807) is 0 Å². The average Bonchev–Trinajstić information content (AvgIpc) is 2.38. The Morgan fingerprint density at radius 2 is 1.41 bits per heavy atom. The molecule has 0 atom stereocenters. The predicted molar refractivity (Wildman–Crippen MR) is 71.0 cm³/mol. The Morgan fingerprint density at radius 1 is 0.765 bits per heavy atom. The van der Waals surface area contributed by atoms with Crippen LogP contribution in [0.2, 0.25) is 0 Å². The second kappa shape index (κ2) is 6.03. The average molecular weight is 227 g/mol. The van der Waals surface area contributed by atoms with Gasteiger partial charge in [0.05, 0.1) is 0 Å². The first-order valence-electron chi connectivity index (χ1n) is 5.69. The maximum Gasteiger partial charge on any atom is 0.0371 e. The second-order valence-electron chi connectivity index (χ2n) is 3.89. The van der Waals surface area contributed by atoms with Crippen LogP contribution < -0.4 is 16.6 Å². The van der Waals surface area contributed by atoms with Crippen molar-refractivity contribution in [3.05, 3.63) is 65.7 Å². The van der Waals surface area contributed by atoms with E-state index in [2.05, 4.69) is 23.0 Å². The third-order valence-electron chi connectivity index (χ3n) is 2.59. The van der Waals surface area contributed by atoms with Crippen molar-refractivity contribution in [2.75, 3.05) is 5.73 Å². The minimum Gasteiger partial charge on any atom is -0.398 e. The Balaban J connectivity index is 1.76. The van der Waals surface area contributed by atoms with E-state index >= 15 is 0 Å². The van der Waals surface area contributed by atoms with Crippen molar-refractivity contribution in [1.82, 2.24) is 10.9 Å². The Hall–Kier alpha value is -1.84. The van der Waals surface area contributed by atoms with Gasteiger partial charge >= 0.3 is 0 Å². The summed E-state index contributed by atoms with van der Waals surface area (Å²) in [4.78, 5) is 0. The van der Waals surface area contributed by atoms with Gasteiger partial charge in [0.1, 0.15) is 0 Å². The highest BCUT2D eigenvalue weighted by Gasteiger charge is 1.96. The maximum atomic E-state index is 5.85. The van der Waals surface area contributed by atoms with E-state index in [9.17, 15) is 0 Å². The molecule has 0 saturated heterocycles. The molecule has 0 amide bonds. The van der Waals surface area contributed by atoms with Crippen LogP contribution in [0, 0.1) is 0 Å².